The van der Waals surface area contributed by atoms with Crippen LogP contribution >= 0.6 is 15.9 Å². The molecule has 2 aromatic rings. The van der Waals surface area contributed by atoms with Gasteiger partial charge in [0.15, 0.2) is 5.78 Å². The second kappa shape index (κ2) is 6.77. The van der Waals surface area contributed by atoms with Crippen LogP contribution in [0, 0.1) is 5.82 Å². The highest BCUT2D eigenvalue weighted by atomic mass is 79.9. The van der Waals surface area contributed by atoms with Crippen LogP contribution in [0.25, 0.3) is 0 Å². The van der Waals surface area contributed by atoms with Crippen LogP contribution in [0.1, 0.15) is 15.9 Å². The number of halogens is 2. The van der Waals surface area contributed by atoms with Gasteiger partial charge in [-0.2, -0.15) is 0 Å². The highest BCUT2D eigenvalue weighted by Gasteiger charge is 2.10. The molecule has 2 nitrogen and oxygen atoms in total. The Kier molecular flexibility index (Phi) is 5.04. The van der Waals surface area contributed by atoms with E-state index in [2.05, 4.69) is 15.9 Å². The molecule has 104 valence electrons. The van der Waals surface area contributed by atoms with Gasteiger partial charge < -0.3 is 0 Å². The maximum absolute atomic E-state index is 12.8. The second-order valence-electron chi connectivity index (χ2n) is 4.73. The van der Waals surface area contributed by atoms with Crippen LogP contribution < -0.4 is 0 Å². The van der Waals surface area contributed by atoms with E-state index in [1.165, 1.54) is 24.3 Å². The number of carbonyl (C=O) groups is 1. The molecule has 2 aromatic carbocycles. The molecule has 0 N–H and O–H groups in total. The van der Waals surface area contributed by atoms with Gasteiger partial charge in [-0.1, -0.05) is 28.1 Å². The molecule has 0 aliphatic carbocycles. The number of Topliss-reactive ketones (excluding diaryl/α,β-unsaturated/α-hetero) is 1. The van der Waals surface area contributed by atoms with Crippen molar-refractivity contribution in [2.45, 2.75) is 6.54 Å². The van der Waals surface area contributed by atoms with Crippen LogP contribution in [0.15, 0.2) is 53.0 Å². The van der Waals surface area contributed by atoms with E-state index in [0.717, 1.165) is 10.0 Å². The molecule has 0 heterocycles. The third-order valence-electron chi connectivity index (χ3n) is 2.92. The minimum atomic E-state index is -0.330. The number of likely N-dealkylation sites (N-methyl/N-ethyl adjacent to an activating group) is 1. The van der Waals surface area contributed by atoms with E-state index in [1.54, 1.807) is 0 Å². The van der Waals surface area contributed by atoms with Crippen molar-refractivity contribution in [2.24, 2.45) is 0 Å². The zero-order valence-corrected chi connectivity index (χ0v) is 12.7. The highest BCUT2D eigenvalue weighted by Crippen LogP contribution is 2.13. The smallest absolute Gasteiger partial charge is 0.176 e. The predicted molar refractivity (Wildman–Crippen MR) is 81.2 cm³/mol. The van der Waals surface area contributed by atoms with E-state index in [0.29, 0.717) is 18.7 Å². The van der Waals surface area contributed by atoms with E-state index < -0.39 is 0 Å². The Morgan fingerprint density at radius 1 is 1.20 bits per heavy atom. The summed E-state index contributed by atoms with van der Waals surface area (Å²) in [6.45, 7) is 0.991. The summed E-state index contributed by atoms with van der Waals surface area (Å²) in [5.74, 6) is -0.341. The van der Waals surface area contributed by atoms with E-state index in [1.807, 2.05) is 36.2 Å². The van der Waals surface area contributed by atoms with E-state index in [-0.39, 0.29) is 11.6 Å². The molecular weight excluding hydrogens is 321 g/mol. The molecule has 0 bridgehead atoms. The molecule has 0 amide bonds. The first-order valence-corrected chi connectivity index (χ1v) is 7.05. The number of ketones is 1. The quantitative estimate of drug-likeness (QED) is 0.772. The molecule has 0 aliphatic heterocycles. The van der Waals surface area contributed by atoms with Crippen molar-refractivity contribution in [1.82, 2.24) is 4.90 Å². The topological polar surface area (TPSA) is 20.3 Å². The largest absolute Gasteiger partial charge is 0.295 e. The Morgan fingerprint density at radius 2 is 1.90 bits per heavy atom. The fourth-order valence-electron chi connectivity index (χ4n) is 1.98. The summed E-state index contributed by atoms with van der Waals surface area (Å²) in [6.07, 6.45) is 0. The Hall–Kier alpha value is -1.52. The maximum atomic E-state index is 12.8. The lowest BCUT2D eigenvalue weighted by Gasteiger charge is -2.16. The number of hydrogen-bond donors (Lipinski definition) is 0. The summed E-state index contributed by atoms with van der Waals surface area (Å²) in [4.78, 5) is 14.0. The molecule has 0 spiro atoms. The van der Waals surface area contributed by atoms with Gasteiger partial charge in [-0.05, 0) is 49.0 Å². The van der Waals surface area contributed by atoms with Crippen molar-refractivity contribution in [3.8, 4) is 0 Å². The standard InChI is InChI=1S/C16H15BrFNO/c1-19(10-12-3-2-4-14(17)9-12)11-16(20)13-5-7-15(18)8-6-13/h2-9H,10-11H2,1H3. The summed E-state index contributed by atoms with van der Waals surface area (Å²) >= 11 is 3.43. The molecule has 0 atom stereocenters. The summed E-state index contributed by atoms with van der Waals surface area (Å²) < 4.78 is 13.8. The third kappa shape index (κ3) is 4.25. The third-order valence-corrected chi connectivity index (χ3v) is 3.41. The molecule has 4 heteroatoms. The molecular formula is C16H15BrFNO. The SMILES string of the molecule is CN(CC(=O)c1ccc(F)cc1)Cc1cccc(Br)c1. The van der Waals surface area contributed by atoms with Gasteiger partial charge in [0.2, 0.25) is 0 Å². The summed E-state index contributed by atoms with van der Waals surface area (Å²) in [5.41, 5.74) is 1.67. The maximum Gasteiger partial charge on any atom is 0.176 e. The van der Waals surface area contributed by atoms with Crippen molar-refractivity contribution in [3.05, 3.63) is 69.9 Å². The van der Waals surface area contributed by atoms with Crippen LogP contribution in [-0.2, 0) is 6.54 Å². The molecule has 0 aliphatic rings. The van der Waals surface area contributed by atoms with E-state index >= 15 is 0 Å². The highest BCUT2D eigenvalue weighted by molar-refractivity contribution is 9.10. The van der Waals surface area contributed by atoms with Crippen LogP contribution in [0.2, 0.25) is 0 Å². The Morgan fingerprint density at radius 3 is 2.55 bits per heavy atom. The van der Waals surface area contributed by atoms with Gasteiger partial charge in [0.05, 0.1) is 6.54 Å². The summed E-state index contributed by atoms with van der Waals surface area (Å²) in [5, 5.41) is 0. The van der Waals surface area contributed by atoms with Gasteiger partial charge >= 0.3 is 0 Å². The predicted octanol–water partition coefficient (Wildman–Crippen LogP) is 3.90. The van der Waals surface area contributed by atoms with Crippen molar-refractivity contribution in [1.29, 1.82) is 0 Å². The summed E-state index contributed by atoms with van der Waals surface area (Å²) in [7, 11) is 1.89. The number of rotatable bonds is 5. The van der Waals surface area contributed by atoms with Gasteiger partial charge in [0.25, 0.3) is 0 Å². The minimum absolute atomic E-state index is 0.0116. The Balaban J connectivity index is 1.95. The monoisotopic (exact) mass is 335 g/mol. The van der Waals surface area contributed by atoms with Gasteiger partial charge in [-0.15, -0.1) is 0 Å². The van der Waals surface area contributed by atoms with Crippen LogP contribution in [0.4, 0.5) is 4.39 Å². The van der Waals surface area contributed by atoms with Gasteiger partial charge in [0.1, 0.15) is 5.82 Å². The normalized spacial score (nSPS) is 10.8. The molecule has 20 heavy (non-hydrogen) atoms. The van der Waals surface area contributed by atoms with Crippen molar-refractivity contribution in [3.63, 3.8) is 0 Å². The average molecular weight is 336 g/mol. The van der Waals surface area contributed by atoms with Gasteiger partial charge in [-0.25, -0.2) is 4.39 Å². The van der Waals surface area contributed by atoms with Crippen LogP contribution in [0.5, 0.6) is 0 Å². The number of carbonyl (C=O) groups excluding carboxylic acids is 1. The lowest BCUT2D eigenvalue weighted by Crippen LogP contribution is -2.25. The molecule has 0 radical (unpaired) electrons. The van der Waals surface area contributed by atoms with E-state index in [4.69, 9.17) is 0 Å². The fourth-order valence-corrected chi connectivity index (χ4v) is 2.42. The van der Waals surface area contributed by atoms with Crippen LogP contribution in [-0.4, -0.2) is 24.3 Å². The van der Waals surface area contributed by atoms with Crippen molar-refractivity contribution < 1.29 is 9.18 Å². The zero-order chi connectivity index (χ0) is 14.5. The fraction of sp³-hybridized carbons (Fsp3) is 0.188. The van der Waals surface area contributed by atoms with Gasteiger partial charge in [-0.3, -0.25) is 9.69 Å². The Bertz CT molecular complexity index is 598. The number of nitrogens with zero attached hydrogens (tertiary/aromatic N) is 1. The van der Waals surface area contributed by atoms with Crippen LogP contribution in [0.3, 0.4) is 0 Å². The summed E-state index contributed by atoms with van der Waals surface area (Å²) in [6, 6.07) is 13.6. The molecule has 0 saturated heterocycles. The first-order valence-electron chi connectivity index (χ1n) is 6.26. The lowest BCUT2D eigenvalue weighted by atomic mass is 10.1. The van der Waals surface area contributed by atoms with Gasteiger partial charge in [0, 0.05) is 16.6 Å². The number of hydrogen-bond acceptors (Lipinski definition) is 2. The molecule has 0 unspecified atom stereocenters. The van der Waals surface area contributed by atoms with E-state index in [9.17, 15) is 9.18 Å². The first kappa shape index (κ1) is 14.9. The van der Waals surface area contributed by atoms with Crippen molar-refractivity contribution >= 4 is 21.7 Å². The molecule has 0 fully saturated rings. The minimum Gasteiger partial charge on any atom is -0.295 e. The zero-order valence-electron chi connectivity index (χ0n) is 11.1. The first-order chi connectivity index (χ1) is 9.54. The number of benzene rings is 2. The Labute approximate surface area is 126 Å². The molecule has 0 aromatic heterocycles. The average Bonchev–Trinajstić information content (AvgIpc) is 2.39. The lowest BCUT2D eigenvalue weighted by molar-refractivity contribution is 0.0943. The second-order valence-corrected chi connectivity index (χ2v) is 5.65. The molecule has 2 rings (SSSR count). The van der Waals surface area contributed by atoms with Crippen molar-refractivity contribution in [2.75, 3.05) is 13.6 Å². The molecule has 0 saturated carbocycles.